The number of aromatic carboxylic acids is 1. The first kappa shape index (κ1) is 13.0. The largest absolute Gasteiger partial charge is 0.477 e. The number of benzene rings is 1. The second-order valence-corrected chi connectivity index (χ2v) is 3.98. The van der Waals surface area contributed by atoms with Gasteiger partial charge < -0.3 is 5.11 Å². The minimum Gasteiger partial charge on any atom is -0.477 e. The third kappa shape index (κ3) is 2.41. The van der Waals surface area contributed by atoms with E-state index in [1.165, 1.54) is 12.1 Å². The summed E-state index contributed by atoms with van der Waals surface area (Å²) in [6.45, 7) is 0. The molecule has 1 heterocycles. The summed E-state index contributed by atoms with van der Waals surface area (Å²) in [5.74, 6) is -2.27. The van der Waals surface area contributed by atoms with Gasteiger partial charge in [0.15, 0.2) is 0 Å². The first-order valence-electron chi connectivity index (χ1n) is 4.95. The standard InChI is InChI=1S/C11H6ClFN2O4/c12-7-2-1-5(3-8(7)13)15-4-6(10(17)18)9(16)14-11(15)19/h1-4H,(H,17,18)(H,14,16,19). The van der Waals surface area contributed by atoms with Crippen LogP contribution in [0, 0.1) is 5.82 Å². The molecule has 0 saturated heterocycles. The molecule has 1 aromatic carbocycles. The van der Waals surface area contributed by atoms with Gasteiger partial charge in [-0.05, 0) is 18.2 Å². The second-order valence-electron chi connectivity index (χ2n) is 3.58. The lowest BCUT2D eigenvalue weighted by atomic mass is 10.3. The predicted octanol–water partition coefficient (Wildman–Crippen LogP) is 1.02. The zero-order chi connectivity index (χ0) is 14.2. The van der Waals surface area contributed by atoms with Crippen molar-refractivity contribution in [2.75, 3.05) is 0 Å². The molecule has 0 fully saturated rings. The lowest BCUT2D eigenvalue weighted by molar-refractivity contribution is 0.0694. The zero-order valence-electron chi connectivity index (χ0n) is 9.18. The fourth-order valence-corrected chi connectivity index (χ4v) is 1.57. The molecule has 2 N–H and O–H groups in total. The third-order valence-electron chi connectivity index (χ3n) is 2.35. The zero-order valence-corrected chi connectivity index (χ0v) is 9.94. The summed E-state index contributed by atoms with van der Waals surface area (Å²) in [6.07, 6.45) is 0.826. The first-order chi connectivity index (χ1) is 8.90. The van der Waals surface area contributed by atoms with Gasteiger partial charge in [0.25, 0.3) is 5.56 Å². The van der Waals surface area contributed by atoms with Crippen molar-refractivity contribution in [3.05, 3.63) is 61.6 Å². The fraction of sp³-hybridized carbons (Fsp3) is 0. The Morgan fingerprint density at radius 2 is 2.05 bits per heavy atom. The number of nitrogens with zero attached hydrogens (tertiary/aromatic N) is 1. The highest BCUT2D eigenvalue weighted by molar-refractivity contribution is 6.30. The average Bonchev–Trinajstić information content (AvgIpc) is 2.32. The molecule has 0 saturated carbocycles. The number of nitrogens with one attached hydrogen (secondary N) is 1. The van der Waals surface area contributed by atoms with E-state index >= 15 is 0 Å². The first-order valence-corrected chi connectivity index (χ1v) is 5.32. The van der Waals surface area contributed by atoms with E-state index in [9.17, 15) is 18.8 Å². The maximum absolute atomic E-state index is 13.3. The van der Waals surface area contributed by atoms with Crippen LogP contribution >= 0.6 is 11.6 Å². The summed E-state index contributed by atoms with van der Waals surface area (Å²) < 4.78 is 14.1. The number of hydrogen-bond donors (Lipinski definition) is 2. The number of aromatic nitrogens is 2. The van der Waals surface area contributed by atoms with E-state index in [1.807, 2.05) is 4.98 Å². The van der Waals surface area contributed by atoms with Crippen LogP contribution in [-0.2, 0) is 0 Å². The van der Waals surface area contributed by atoms with Crippen LogP contribution in [0.2, 0.25) is 5.02 Å². The van der Waals surface area contributed by atoms with Gasteiger partial charge in [0, 0.05) is 6.20 Å². The molecule has 2 aromatic rings. The Bertz CT molecular complexity index is 781. The lowest BCUT2D eigenvalue weighted by Crippen LogP contribution is -2.32. The summed E-state index contributed by atoms with van der Waals surface area (Å²) in [5.41, 5.74) is -2.49. The molecule has 0 aliphatic carbocycles. The van der Waals surface area contributed by atoms with Crippen molar-refractivity contribution < 1.29 is 14.3 Å². The molecule has 0 aliphatic rings. The maximum Gasteiger partial charge on any atom is 0.342 e. The van der Waals surface area contributed by atoms with E-state index in [-0.39, 0.29) is 10.7 Å². The molecular formula is C11H6ClFN2O4. The van der Waals surface area contributed by atoms with Crippen molar-refractivity contribution in [1.29, 1.82) is 0 Å². The number of carbonyl (C=O) groups is 1. The summed E-state index contributed by atoms with van der Waals surface area (Å²) in [7, 11) is 0. The van der Waals surface area contributed by atoms with Gasteiger partial charge in [0.2, 0.25) is 0 Å². The Hall–Kier alpha value is -2.41. The van der Waals surface area contributed by atoms with Crippen LogP contribution in [0.25, 0.3) is 5.69 Å². The Morgan fingerprint density at radius 1 is 1.37 bits per heavy atom. The van der Waals surface area contributed by atoms with Crippen LogP contribution in [0.3, 0.4) is 0 Å². The van der Waals surface area contributed by atoms with Crippen LogP contribution in [0.15, 0.2) is 34.0 Å². The maximum atomic E-state index is 13.3. The van der Waals surface area contributed by atoms with E-state index in [2.05, 4.69) is 0 Å². The number of aromatic amines is 1. The SMILES string of the molecule is O=C(O)c1cn(-c2ccc(Cl)c(F)c2)c(=O)[nH]c1=O. The Morgan fingerprint density at radius 3 is 2.63 bits per heavy atom. The normalized spacial score (nSPS) is 10.4. The molecule has 0 radical (unpaired) electrons. The van der Waals surface area contributed by atoms with Gasteiger partial charge in [-0.2, -0.15) is 0 Å². The van der Waals surface area contributed by atoms with Crippen molar-refractivity contribution in [2.24, 2.45) is 0 Å². The summed E-state index contributed by atoms with van der Waals surface area (Å²) in [4.78, 5) is 35.5. The summed E-state index contributed by atoms with van der Waals surface area (Å²) in [5, 5.41) is 8.66. The van der Waals surface area contributed by atoms with Crippen LogP contribution in [0.4, 0.5) is 4.39 Å². The molecule has 6 nitrogen and oxygen atoms in total. The van der Waals surface area contributed by atoms with Gasteiger partial charge in [-0.25, -0.2) is 14.0 Å². The molecule has 2 rings (SSSR count). The van der Waals surface area contributed by atoms with Crippen molar-refractivity contribution in [3.63, 3.8) is 0 Å². The van der Waals surface area contributed by atoms with Gasteiger partial charge in [-0.15, -0.1) is 0 Å². The molecule has 0 aliphatic heterocycles. The number of rotatable bonds is 2. The second kappa shape index (κ2) is 4.69. The van der Waals surface area contributed by atoms with E-state index in [0.717, 1.165) is 16.8 Å². The molecule has 98 valence electrons. The van der Waals surface area contributed by atoms with E-state index in [1.54, 1.807) is 0 Å². The van der Waals surface area contributed by atoms with Crippen LogP contribution in [-0.4, -0.2) is 20.6 Å². The number of H-pyrrole nitrogens is 1. The Balaban J connectivity index is 2.71. The molecule has 8 heteroatoms. The summed E-state index contributed by atoms with van der Waals surface area (Å²) in [6, 6.07) is 3.48. The molecule has 0 bridgehead atoms. The highest BCUT2D eigenvalue weighted by Crippen LogP contribution is 2.17. The number of carboxylic acid groups (broad SMARTS) is 1. The van der Waals surface area contributed by atoms with Crippen molar-refractivity contribution >= 4 is 17.6 Å². The lowest BCUT2D eigenvalue weighted by Gasteiger charge is -2.06. The molecule has 0 unspecified atom stereocenters. The monoisotopic (exact) mass is 284 g/mol. The predicted molar refractivity (Wildman–Crippen MR) is 64.6 cm³/mol. The average molecular weight is 285 g/mol. The topological polar surface area (TPSA) is 92.2 Å². The Kier molecular flexibility index (Phi) is 3.22. The molecule has 0 atom stereocenters. The van der Waals surface area contributed by atoms with Gasteiger partial charge in [-0.3, -0.25) is 14.3 Å². The van der Waals surface area contributed by atoms with Crippen LogP contribution in [0.1, 0.15) is 10.4 Å². The molecule has 0 spiro atoms. The summed E-state index contributed by atoms with van der Waals surface area (Å²) >= 11 is 5.50. The number of hydrogen-bond acceptors (Lipinski definition) is 3. The van der Waals surface area contributed by atoms with Gasteiger partial charge in [-0.1, -0.05) is 11.6 Å². The van der Waals surface area contributed by atoms with Crippen molar-refractivity contribution in [1.82, 2.24) is 9.55 Å². The highest BCUT2D eigenvalue weighted by Gasteiger charge is 2.13. The molecule has 19 heavy (non-hydrogen) atoms. The van der Waals surface area contributed by atoms with Gasteiger partial charge in [0.05, 0.1) is 10.7 Å². The van der Waals surface area contributed by atoms with Gasteiger partial charge >= 0.3 is 11.7 Å². The minimum absolute atomic E-state index is 0.0469. The molecule has 1 aromatic heterocycles. The number of halogens is 2. The van der Waals surface area contributed by atoms with E-state index in [4.69, 9.17) is 16.7 Å². The van der Waals surface area contributed by atoms with Crippen LogP contribution in [0.5, 0.6) is 0 Å². The third-order valence-corrected chi connectivity index (χ3v) is 2.66. The van der Waals surface area contributed by atoms with Gasteiger partial charge in [0.1, 0.15) is 11.4 Å². The number of carboxylic acids is 1. The molecular weight excluding hydrogens is 279 g/mol. The smallest absolute Gasteiger partial charge is 0.342 e. The molecule has 0 amide bonds. The minimum atomic E-state index is -1.50. The fourth-order valence-electron chi connectivity index (χ4n) is 1.45. The van der Waals surface area contributed by atoms with Crippen molar-refractivity contribution in [2.45, 2.75) is 0 Å². The Labute approximate surface area is 109 Å². The van der Waals surface area contributed by atoms with E-state index in [0.29, 0.717) is 0 Å². The van der Waals surface area contributed by atoms with Crippen molar-refractivity contribution in [3.8, 4) is 5.69 Å². The van der Waals surface area contributed by atoms with Crippen LogP contribution < -0.4 is 11.2 Å². The van der Waals surface area contributed by atoms with E-state index < -0.39 is 28.6 Å². The highest BCUT2D eigenvalue weighted by atomic mass is 35.5. The quantitative estimate of drug-likeness (QED) is 0.861.